The monoisotopic (exact) mass is 503 g/mol. The summed E-state index contributed by atoms with van der Waals surface area (Å²) in [5.74, 6) is 2.42. The number of alkyl carbamates (subject to hydrolysis) is 1. The van der Waals surface area contributed by atoms with Crippen molar-refractivity contribution in [3.63, 3.8) is 0 Å². The van der Waals surface area contributed by atoms with Crippen molar-refractivity contribution in [3.8, 4) is 0 Å². The molecule has 2 aromatic heterocycles. The molecule has 12 heteroatoms. The van der Waals surface area contributed by atoms with Crippen molar-refractivity contribution in [2.45, 2.75) is 42.5 Å². The summed E-state index contributed by atoms with van der Waals surface area (Å²) < 4.78 is 18.1. The fraction of sp³-hybridized carbons (Fsp3) is 0.500. The van der Waals surface area contributed by atoms with Crippen molar-refractivity contribution in [2.75, 3.05) is 42.7 Å². The van der Waals surface area contributed by atoms with Crippen LogP contribution in [-0.4, -0.2) is 68.3 Å². The van der Waals surface area contributed by atoms with Gasteiger partial charge in [0.15, 0.2) is 5.82 Å². The van der Waals surface area contributed by atoms with Crippen LogP contribution >= 0.6 is 11.6 Å². The molecule has 0 spiro atoms. The van der Waals surface area contributed by atoms with Crippen LogP contribution in [0.5, 0.6) is 0 Å². The first-order chi connectivity index (χ1) is 16.5. The first-order valence-electron chi connectivity index (χ1n) is 11.3. The molecule has 1 aliphatic carbocycles. The number of halogens is 1. The molecule has 10 nitrogen and oxygen atoms in total. The van der Waals surface area contributed by atoms with Gasteiger partial charge < -0.3 is 20.3 Å². The number of aromatic nitrogens is 4. The average molecular weight is 504 g/mol. The number of hydrogen-bond acceptors (Lipinski definition) is 9. The van der Waals surface area contributed by atoms with Crippen LogP contribution in [0.25, 0.3) is 5.57 Å². The third kappa shape index (κ3) is 4.58. The van der Waals surface area contributed by atoms with Gasteiger partial charge in [0.05, 0.1) is 27.1 Å². The number of carbonyl (C=O) groups is 1. The first kappa shape index (κ1) is 23.0. The van der Waals surface area contributed by atoms with E-state index in [4.69, 9.17) is 26.3 Å². The number of anilines is 2. The van der Waals surface area contributed by atoms with Gasteiger partial charge in [-0.15, -0.1) is 0 Å². The maximum absolute atomic E-state index is 12.8. The van der Waals surface area contributed by atoms with E-state index in [1.54, 1.807) is 12.4 Å². The second kappa shape index (κ2) is 9.46. The van der Waals surface area contributed by atoms with Gasteiger partial charge in [0, 0.05) is 44.7 Å². The van der Waals surface area contributed by atoms with Crippen LogP contribution in [0.2, 0.25) is 5.02 Å². The summed E-state index contributed by atoms with van der Waals surface area (Å²) in [6.45, 7) is 1.56. The van der Waals surface area contributed by atoms with Crippen molar-refractivity contribution >= 4 is 45.8 Å². The SMILES string of the molecule is CNC(=O)OCC1(Nc2nc(N3CC=C(c4ncc(Cl)cn4)CC3)nc3c2S(=O)CC3)CCC1. The van der Waals surface area contributed by atoms with Gasteiger partial charge in [-0.1, -0.05) is 17.7 Å². The normalized spacial score (nSPS) is 20.7. The molecule has 2 aliphatic heterocycles. The summed E-state index contributed by atoms with van der Waals surface area (Å²) in [6, 6.07) is 0. The minimum Gasteiger partial charge on any atom is -0.447 e. The molecule has 34 heavy (non-hydrogen) atoms. The molecular formula is C22H26ClN7O3S. The van der Waals surface area contributed by atoms with E-state index in [-0.39, 0.29) is 6.61 Å². The predicted molar refractivity (Wildman–Crippen MR) is 129 cm³/mol. The third-order valence-corrected chi connectivity index (χ3v) is 8.11. The molecule has 0 saturated heterocycles. The van der Waals surface area contributed by atoms with E-state index in [1.165, 1.54) is 7.05 Å². The molecule has 0 bridgehead atoms. The Morgan fingerprint density at radius 3 is 2.71 bits per heavy atom. The third-order valence-electron chi connectivity index (χ3n) is 6.45. The number of nitrogens with zero attached hydrogens (tertiary/aromatic N) is 5. The van der Waals surface area contributed by atoms with E-state index < -0.39 is 22.4 Å². The zero-order valence-corrected chi connectivity index (χ0v) is 20.4. The van der Waals surface area contributed by atoms with Crippen LogP contribution < -0.4 is 15.5 Å². The quantitative estimate of drug-likeness (QED) is 0.612. The Kier molecular flexibility index (Phi) is 6.39. The van der Waals surface area contributed by atoms with Crippen LogP contribution in [0, 0.1) is 0 Å². The Bertz CT molecular complexity index is 1150. The Balaban J connectivity index is 1.38. The van der Waals surface area contributed by atoms with E-state index in [0.717, 1.165) is 37.0 Å². The fourth-order valence-corrected chi connectivity index (χ4v) is 5.78. The van der Waals surface area contributed by atoms with E-state index in [2.05, 4.69) is 31.6 Å². The number of ether oxygens (including phenoxy) is 1. The van der Waals surface area contributed by atoms with Crippen molar-refractivity contribution in [1.82, 2.24) is 25.3 Å². The maximum atomic E-state index is 12.8. The number of carbonyl (C=O) groups excluding carboxylic acids is 1. The summed E-state index contributed by atoms with van der Waals surface area (Å²) >= 11 is 5.90. The largest absolute Gasteiger partial charge is 0.447 e. The van der Waals surface area contributed by atoms with Crippen LogP contribution in [0.1, 0.15) is 37.2 Å². The van der Waals surface area contributed by atoms with E-state index >= 15 is 0 Å². The lowest BCUT2D eigenvalue weighted by Crippen LogP contribution is -2.50. The fourth-order valence-electron chi connectivity index (χ4n) is 4.38. The number of rotatable bonds is 6. The summed E-state index contributed by atoms with van der Waals surface area (Å²) in [6.07, 6.45) is 8.95. The molecule has 0 aromatic carbocycles. The van der Waals surface area contributed by atoms with E-state index in [9.17, 15) is 9.00 Å². The number of fused-ring (bicyclic) bond motifs is 1. The molecule has 3 aliphatic rings. The zero-order valence-electron chi connectivity index (χ0n) is 18.8. The minimum atomic E-state index is -1.15. The number of hydrogen-bond donors (Lipinski definition) is 2. The highest BCUT2D eigenvalue weighted by molar-refractivity contribution is 7.85. The topological polar surface area (TPSA) is 122 Å². The molecule has 4 heterocycles. The second-order valence-electron chi connectivity index (χ2n) is 8.68. The van der Waals surface area contributed by atoms with Crippen molar-refractivity contribution < 1.29 is 13.7 Å². The van der Waals surface area contributed by atoms with Crippen LogP contribution in [0.15, 0.2) is 23.4 Å². The van der Waals surface area contributed by atoms with Crippen LogP contribution in [-0.2, 0) is 22.0 Å². The standard InChI is InChI=1S/C22H26ClN7O3S/c1-24-21(31)33-13-22(6-2-7-22)29-19-17-16(5-10-34(17)32)27-20(28-19)30-8-3-14(4-9-30)18-25-11-15(23)12-26-18/h3,11-12H,2,4-10,13H2,1H3,(H,24,31)(H,27,28,29). The molecule has 180 valence electrons. The van der Waals surface area contributed by atoms with Gasteiger partial charge in [0.1, 0.15) is 17.3 Å². The van der Waals surface area contributed by atoms with E-state index in [0.29, 0.717) is 52.8 Å². The molecule has 5 rings (SSSR count). The van der Waals surface area contributed by atoms with E-state index in [1.807, 2.05) is 0 Å². The molecule has 2 aromatic rings. The van der Waals surface area contributed by atoms with Gasteiger partial charge in [-0.3, -0.25) is 4.21 Å². The predicted octanol–water partition coefficient (Wildman–Crippen LogP) is 2.57. The Morgan fingerprint density at radius 1 is 1.26 bits per heavy atom. The highest BCUT2D eigenvalue weighted by Gasteiger charge is 2.41. The maximum Gasteiger partial charge on any atom is 0.406 e. The summed E-state index contributed by atoms with van der Waals surface area (Å²) in [4.78, 5) is 32.6. The van der Waals surface area contributed by atoms with Crippen molar-refractivity contribution in [1.29, 1.82) is 0 Å². The molecular weight excluding hydrogens is 478 g/mol. The van der Waals surface area contributed by atoms with Gasteiger partial charge in [0.25, 0.3) is 0 Å². The van der Waals surface area contributed by atoms with Crippen LogP contribution in [0.4, 0.5) is 16.6 Å². The highest BCUT2D eigenvalue weighted by atomic mass is 35.5. The molecule has 2 N–H and O–H groups in total. The summed E-state index contributed by atoms with van der Waals surface area (Å²) in [7, 11) is 0.388. The van der Waals surface area contributed by atoms with Gasteiger partial charge in [-0.05, 0) is 31.3 Å². The number of aryl methyl sites for hydroxylation is 1. The Labute approximate surface area is 205 Å². The Morgan fingerprint density at radius 2 is 2.06 bits per heavy atom. The van der Waals surface area contributed by atoms with Gasteiger partial charge >= 0.3 is 6.09 Å². The lowest BCUT2D eigenvalue weighted by molar-refractivity contribution is 0.0959. The molecule has 1 unspecified atom stereocenters. The lowest BCUT2D eigenvalue weighted by Gasteiger charge is -2.42. The minimum absolute atomic E-state index is 0.227. The summed E-state index contributed by atoms with van der Waals surface area (Å²) in [5, 5.41) is 6.49. The molecule has 1 atom stereocenters. The van der Waals surface area contributed by atoms with Crippen molar-refractivity contribution in [3.05, 3.63) is 35.0 Å². The first-order valence-corrected chi connectivity index (χ1v) is 13.0. The van der Waals surface area contributed by atoms with Gasteiger partial charge in [0.2, 0.25) is 5.95 Å². The molecule has 1 amide bonds. The molecule has 1 saturated carbocycles. The lowest BCUT2D eigenvalue weighted by atomic mass is 9.77. The second-order valence-corrected chi connectivity index (χ2v) is 10.6. The van der Waals surface area contributed by atoms with Crippen LogP contribution in [0.3, 0.4) is 0 Å². The number of nitrogens with one attached hydrogen (secondary N) is 2. The molecule has 1 fully saturated rings. The zero-order chi connectivity index (χ0) is 23.7. The summed E-state index contributed by atoms with van der Waals surface area (Å²) in [5.41, 5.74) is 1.48. The Hall–Kier alpha value is -2.79. The number of amides is 1. The smallest absolute Gasteiger partial charge is 0.406 e. The van der Waals surface area contributed by atoms with Gasteiger partial charge in [-0.25, -0.2) is 19.7 Å². The highest BCUT2D eigenvalue weighted by Crippen LogP contribution is 2.39. The van der Waals surface area contributed by atoms with Crippen molar-refractivity contribution in [2.24, 2.45) is 0 Å². The average Bonchev–Trinajstić information content (AvgIpc) is 3.21. The molecule has 0 radical (unpaired) electrons. The van der Waals surface area contributed by atoms with Gasteiger partial charge in [-0.2, -0.15) is 4.98 Å².